The number of anilines is 6. The van der Waals surface area contributed by atoms with E-state index in [0.29, 0.717) is 0 Å². The summed E-state index contributed by atoms with van der Waals surface area (Å²) in [6.45, 7) is 13.6. The molecule has 0 saturated carbocycles. The van der Waals surface area contributed by atoms with E-state index >= 15 is 0 Å². The van der Waals surface area contributed by atoms with Crippen LogP contribution in [0.25, 0.3) is 32.7 Å². The van der Waals surface area contributed by atoms with Gasteiger partial charge in [0.05, 0.1) is 16.8 Å². The number of fused-ring (bicyclic) bond motifs is 5. The highest BCUT2D eigenvalue weighted by Gasteiger charge is 2.46. The van der Waals surface area contributed by atoms with E-state index < -0.39 is 5.41 Å². The van der Waals surface area contributed by atoms with Crippen LogP contribution in [-0.4, -0.2) is 0 Å². The molecule has 10 aromatic carbocycles. The fourth-order valence-electron chi connectivity index (χ4n) is 12.8. The van der Waals surface area contributed by atoms with Crippen LogP contribution in [0.2, 0.25) is 0 Å². The Morgan fingerprint density at radius 3 is 0.949 bits per heavy atom. The molecule has 79 heavy (non-hydrogen) atoms. The van der Waals surface area contributed by atoms with Gasteiger partial charge in [-0.25, -0.2) is 0 Å². The lowest BCUT2D eigenvalue weighted by Gasteiger charge is -2.35. The molecule has 2 heteroatoms. The third-order valence-electron chi connectivity index (χ3n) is 17.1. The van der Waals surface area contributed by atoms with Crippen LogP contribution < -0.4 is 9.80 Å². The van der Waals surface area contributed by atoms with Gasteiger partial charge in [0.25, 0.3) is 0 Å². The van der Waals surface area contributed by atoms with Gasteiger partial charge in [-0.15, -0.1) is 0 Å². The lowest BCUT2D eigenvalue weighted by atomic mass is 9.67. The summed E-state index contributed by atoms with van der Waals surface area (Å²) in [6, 6.07) is 80.3. The second-order valence-corrected chi connectivity index (χ2v) is 22.7. The summed E-state index contributed by atoms with van der Waals surface area (Å²) >= 11 is 0. The van der Waals surface area contributed by atoms with Crippen LogP contribution in [0, 0.1) is 13.8 Å². The highest BCUT2D eigenvalue weighted by atomic mass is 15.2. The lowest BCUT2D eigenvalue weighted by Crippen LogP contribution is -2.29. The quantitative estimate of drug-likeness (QED) is 0.0379. The summed E-state index contributed by atoms with van der Waals surface area (Å²) in [5, 5.41) is 4.82. The molecule has 0 spiro atoms. The van der Waals surface area contributed by atoms with Gasteiger partial charge < -0.3 is 9.80 Å². The van der Waals surface area contributed by atoms with Crippen molar-refractivity contribution in [2.24, 2.45) is 0 Å². The molecule has 11 rings (SSSR count). The number of hydrogen-bond donors (Lipinski definition) is 0. The van der Waals surface area contributed by atoms with Crippen molar-refractivity contribution >= 4 is 55.7 Å². The minimum atomic E-state index is -0.513. The SMILES string of the molecule is CCCCCCc1ccc(C2(c3ccc(N(c4ccc(CCCC)cc4)c4c5ccccc5c(N(c5ccc(CCCC)cc5)c5ccc(CCCC)cc5)c5ccccc45)cc3)c3cc(C)ccc3-c3ccc(C)cc32)cc1. The molecular weight excluding hydrogens is 953 g/mol. The maximum atomic E-state index is 2.56. The molecule has 2 nitrogen and oxygen atoms in total. The van der Waals surface area contributed by atoms with Crippen LogP contribution in [0.5, 0.6) is 0 Å². The molecule has 0 radical (unpaired) electrons. The molecule has 10 aromatic rings. The van der Waals surface area contributed by atoms with Crippen molar-refractivity contribution in [2.45, 2.75) is 137 Å². The predicted octanol–water partition coefficient (Wildman–Crippen LogP) is 22.1. The number of aryl methyl sites for hydroxylation is 6. The summed E-state index contributed by atoms with van der Waals surface area (Å²) in [4.78, 5) is 5.09. The van der Waals surface area contributed by atoms with Gasteiger partial charge in [0.1, 0.15) is 0 Å². The van der Waals surface area contributed by atoms with Crippen molar-refractivity contribution in [1.29, 1.82) is 0 Å². The average Bonchev–Trinajstić information content (AvgIpc) is 3.86. The van der Waals surface area contributed by atoms with Gasteiger partial charge >= 0.3 is 0 Å². The molecule has 0 unspecified atom stereocenters. The molecule has 1 aliphatic rings. The summed E-state index contributed by atoms with van der Waals surface area (Å²) < 4.78 is 0. The van der Waals surface area contributed by atoms with E-state index in [1.54, 1.807) is 0 Å². The maximum absolute atomic E-state index is 2.56. The van der Waals surface area contributed by atoms with Crippen molar-refractivity contribution in [3.63, 3.8) is 0 Å². The second-order valence-electron chi connectivity index (χ2n) is 22.7. The minimum absolute atomic E-state index is 0.513. The summed E-state index contributed by atoms with van der Waals surface area (Å²) in [5.41, 5.74) is 22.5. The van der Waals surface area contributed by atoms with Gasteiger partial charge in [-0.3, -0.25) is 0 Å². The van der Waals surface area contributed by atoms with Crippen LogP contribution in [0.4, 0.5) is 34.1 Å². The van der Waals surface area contributed by atoms with E-state index in [1.807, 2.05) is 0 Å². The van der Waals surface area contributed by atoms with Gasteiger partial charge in [0.15, 0.2) is 0 Å². The Balaban J connectivity index is 1.12. The highest BCUT2D eigenvalue weighted by Crippen LogP contribution is 2.58. The molecule has 0 atom stereocenters. The third-order valence-corrected chi connectivity index (χ3v) is 17.1. The topological polar surface area (TPSA) is 6.48 Å². The zero-order chi connectivity index (χ0) is 54.3. The molecule has 398 valence electrons. The van der Waals surface area contributed by atoms with Gasteiger partial charge in [0, 0.05) is 44.3 Å². The summed E-state index contributed by atoms with van der Waals surface area (Å²) in [5.74, 6) is 0. The van der Waals surface area contributed by atoms with Crippen molar-refractivity contribution in [1.82, 2.24) is 0 Å². The summed E-state index contributed by atoms with van der Waals surface area (Å²) in [7, 11) is 0. The average molecular weight is 1030 g/mol. The van der Waals surface area contributed by atoms with Crippen molar-refractivity contribution < 1.29 is 0 Å². The summed E-state index contributed by atoms with van der Waals surface area (Å²) in [6.07, 6.45) is 16.5. The molecule has 1 aliphatic carbocycles. The van der Waals surface area contributed by atoms with Gasteiger partial charge in [0.2, 0.25) is 0 Å². The largest absolute Gasteiger partial charge is 0.309 e. The number of nitrogens with zero attached hydrogens (tertiary/aromatic N) is 2. The molecule has 0 saturated heterocycles. The first-order valence-corrected chi connectivity index (χ1v) is 30.1. The van der Waals surface area contributed by atoms with E-state index in [2.05, 4.69) is 258 Å². The normalized spacial score (nSPS) is 12.5. The van der Waals surface area contributed by atoms with Crippen LogP contribution in [0.3, 0.4) is 0 Å². The minimum Gasteiger partial charge on any atom is -0.309 e. The van der Waals surface area contributed by atoms with E-state index in [4.69, 9.17) is 0 Å². The molecular formula is C77H80N2. The van der Waals surface area contributed by atoms with Gasteiger partial charge in [-0.05, 0) is 169 Å². The Bertz CT molecular complexity index is 3500. The van der Waals surface area contributed by atoms with Crippen LogP contribution in [0.15, 0.2) is 206 Å². The zero-order valence-corrected chi connectivity index (χ0v) is 47.9. The van der Waals surface area contributed by atoms with E-state index in [-0.39, 0.29) is 0 Å². The Kier molecular flexibility index (Phi) is 16.3. The number of unbranched alkanes of at least 4 members (excludes halogenated alkanes) is 6. The standard InChI is InChI=1S/C77H80N2/c1-7-11-15-16-24-60-31-39-61(40-32-60)77(73-53-55(5)29-51-67(73)68-52-30-56(6)54-74(68)77)62-41-49-66(50-42-62)79(65-47-37-59(38-48-65)23-14-10-4)76-71-27-19-17-25-69(71)75(70-26-18-20-28-72(70)76)78(63-43-33-57(34-44-63)21-12-8-2)64-45-35-58(36-46-64)22-13-9-3/h17-20,25-54H,7-16,21-24H2,1-6H3. The van der Waals surface area contributed by atoms with Crippen molar-refractivity contribution in [3.8, 4) is 11.1 Å². The van der Waals surface area contributed by atoms with E-state index in [0.717, 1.165) is 48.4 Å². The Morgan fingerprint density at radius 1 is 0.304 bits per heavy atom. The van der Waals surface area contributed by atoms with Crippen molar-refractivity contribution in [2.75, 3.05) is 9.80 Å². The smallest absolute Gasteiger partial charge is 0.0713 e. The fraction of sp³-hybridized carbons (Fsp3) is 0.273. The molecule has 0 aliphatic heterocycles. The number of rotatable bonds is 22. The fourth-order valence-corrected chi connectivity index (χ4v) is 12.8. The maximum Gasteiger partial charge on any atom is 0.0713 e. The van der Waals surface area contributed by atoms with Crippen LogP contribution in [-0.2, 0) is 31.1 Å². The van der Waals surface area contributed by atoms with Crippen molar-refractivity contribution in [3.05, 3.63) is 262 Å². The molecule has 0 heterocycles. The van der Waals surface area contributed by atoms with Gasteiger partial charge in [-0.1, -0.05) is 235 Å². The predicted molar refractivity (Wildman–Crippen MR) is 341 cm³/mol. The van der Waals surface area contributed by atoms with E-state index in [1.165, 1.54) is 164 Å². The Labute approximate surface area is 472 Å². The van der Waals surface area contributed by atoms with Gasteiger partial charge in [-0.2, -0.15) is 0 Å². The van der Waals surface area contributed by atoms with Crippen LogP contribution in [0.1, 0.15) is 148 Å². The Hall–Kier alpha value is -7.68. The van der Waals surface area contributed by atoms with Crippen LogP contribution >= 0.6 is 0 Å². The first kappa shape index (κ1) is 53.3. The highest BCUT2D eigenvalue weighted by molar-refractivity contribution is 6.23. The number of benzene rings is 10. The molecule has 0 fully saturated rings. The molecule has 0 bridgehead atoms. The monoisotopic (exact) mass is 1030 g/mol. The second kappa shape index (κ2) is 24.1. The van der Waals surface area contributed by atoms with E-state index in [9.17, 15) is 0 Å². The Morgan fingerprint density at radius 2 is 0.608 bits per heavy atom. The first-order chi connectivity index (χ1) is 38.8. The third kappa shape index (κ3) is 10.6. The molecule has 0 amide bonds. The molecule has 0 aromatic heterocycles. The first-order valence-electron chi connectivity index (χ1n) is 30.1. The number of hydrogen-bond acceptors (Lipinski definition) is 2. The lowest BCUT2D eigenvalue weighted by molar-refractivity contribution is 0.666. The molecule has 0 N–H and O–H groups in total. The zero-order valence-electron chi connectivity index (χ0n) is 47.9.